The lowest BCUT2D eigenvalue weighted by molar-refractivity contribution is -0.112. The number of hydrogen-bond donors (Lipinski definition) is 1. The number of anilines is 1. The van der Waals surface area contributed by atoms with Crippen LogP contribution < -0.4 is 5.32 Å². The van der Waals surface area contributed by atoms with Crippen molar-refractivity contribution in [3.63, 3.8) is 0 Å². The van der Waals surface area contributed by atoms with E-state index in [1.165, 1.54) is 29.1 Å². The van der Waals surface area contributed by atoms with E-state index in [1.807, 2.05) is 0 Å². The molecule has 6 nitrogen and oxygen atoms in total. The Balaban J connectivity index is 1.87. The third-order valence-corrected chi connectivity index (χ3v) is 4.70. The van der Waals surface area contributed by atoms with E-state index in [0.717, 1.165) is 0 Å². The second-order valence-electron chi connectivity index (χ2n) is 5.18. The molecule has 0 bridgehead atoms. The predicted octanol–water partition coefficient (Wildman–Crippen LogP) is 3.80. The largest absolute Gasteiger partial charge is 0.465 e. The number of benzene rings is 1. The minimum Gasteiger partial charge on any atom is -0.465 e. The van der Waals surface area contributed by atoms with Gasteiger partial charge in [-0.15, -0.1) is 11.3 Å². The number of carbonyl (C=O) groups is 3. The zero-order valence-electron chi connectivity index (χ0n) is 13.6. The Bertz CT molecular complexity index is 975. The maximum absolute atomic E-state index is 12.6. The molecule has 0 saturated carbocycles. The highest BCUT2D eigenvalue weighted by Crippen LogP contribution is 2.24. The summed E-state index contributed by atoms with van der Waals surface area (Å²) in [6, 6.07) is 11.2. The van der Waals surface area contributed by atoms with Crippen LogP contribution in [0.25, 0.3) is 5.69 Å². The number of rotatable bonds is 5. The summed E-state index contributed by atoms with van der Waals surface area (Å²) in [5.41, 5.74) is 1.08. The molecule has 0 unspecified atom stereocenters. The molecule has 132 valence electrons. The van der Waals surface area contributed by atoms with E-state index in [-0.39, 0.29) is 5.69 Å². The van der Waals surface area contributed by atoms with E-state index in [0.29, 0.717) is 21.3 Å². The highest BCUT2D eigenvalue weighted by Gasteiger charge is 2.23. The summed E-state index contributed by atoms with van der Waals surface area (Å²) < 4.78 is 6.25. The molecule has 0 aliphatic heterocycles. The standard InChI is InChI=1S/C18H13ClN2O4S/c1-25-18(24)16-14(8-10-26-16)21-9-2-3-13(21)15(22)17(23)20-12-6-4-11(19)5-7-12/h2-10H,1H3,(H,20,23). The van der Waals surface area contributed by atoms with Crippen molar-refractivity contribution < 1.29 is 19.1 Å². The van der Waals surface area contributed by atoms with Crippen molar-refractivity contribution in [2.75, 3.05) is 12.4 Å². The number of hydrogen-bond acceptors (Lipinski definition) is 5. The SMILES string of the molecule is COC(=O)c1sccc1-n1cccc1C(=O)C(=O)Nc1ccc(Cl)cc1. The number of methoxy groups -OCH3 is 1. The fraction of sp³-hybridized carbons (Fsp3) is 0.0556. The molecular formula is C18H13ClN2O4S. The van der Waals surface area contributed by atoms with Gasteiger partial charge in [-0.1, -0.05) is 11.6 Å². The first-order valence-corrected chi connectivity index (χ1v) is 8.72. The lowest BCUT2D eigenvalue weighted by atomic mass is 10.2. The smallest absolute Gasteiger partial charge is 0.350 e. The number of esters is 1. The number of Topliss-reactive ketones (excluding diaryl/α,β-unsaturated/α-hetero) is 1. The number of thiophene rings is 1. The minimum atomic E-state index is -0.790. The first-order chi connectivity index (χ1) is 12.5. The predicted molar refractivity (Wildman–Crippen MR) is 99.4 cm³/mol. The third kappa shape index (κ3) is 3.54. The van der Waals surface area contributed by atoms with Crippen LogP contribution in [0.15, 0.2) is 54.0 Å². The van der Waals surface area contributed by atoms with Crippen LogP contribution >= 0.6 is 22.9 Å². The van der Waals surface area contributed by atoms with Gasteiger partial charge in [0, 0.05) is 16.9 Å². The quantitative estimate of drug-likeness (QED) is 0.409. The summed E-state index contributed by atoms with van der Waals surface area (Å²) in [5.74, 6) is -2.03. The Morgan fingerprint density at radius 3 is 2.54 bits per heavy atom. The number of halogens is 1. The number of amides is 1. The molecule has 0 atom stereocenters. The Morgan fingerprint density at radius 2 is 1.85 bits per heavy atom. The van der Waals surface area contributed by atoms with E-state index in [4.69, 9.17) is 16.3 Å². The van der Waals surface area contributed by atoms with E-state index in [1.54, 1.807) is 48.0 Å². The van der Waals surface area contributed by atoms with Crippen LogP contribution in [-0.4, -0.2) is 29.3 Å². The van der Waals surface area contributed by atoms with Gasteiger partial charge in [0.2, 0.25) is 0 Å². The first kappa shape index (κ1) is 17.9. The fourth-order valence-corrected chi connectivity index (χ4v) is 3.28. The second kappa shape index (κ2) is 7.55. The highest BCUT2D eigenvalue weighted by molar-refractivity contribution is 7.12. The number of ether oxygens (including phenoxy) is 1. The van der Waals surface area contributed by atoms with Crippen LogP contribution in [0.3, 0.4) is 0 Å². The molecular weight excluding hydrogens is 376 g/mol. The molecule has 1 aromatic carbocycles. The average molecular weight is 389 g/mol. The van der Waals surface area contributed by atoms with Crippen molar-refractivity contribution in [1.82, 2.24) is 4.57 Å². The summed E-state index contributed by atoms with van der Waals surface area (Å²) in [6.45, 7) is 0. The van der Waals surface area contributed by atoms with Crippen LogP contribution in [0.4, 0.5) is 5.69 Å². The summed E-state index contributed by atoms with van der Waals surface area (Å²) in [4.78, 5) is 37.1. The van der Waals surface area contributed by atoms with Crippen LogP contribution in [0.5, 0.6) is 0 Å². The van der Waals surface area contributed by atoms with Crippen LogP contribution in [0.2, 0.25) is 5.02 Å². The van der Waals surface area contributed by atoms with Crippen molar-refractivity contribution >= 4 is 46.3 Å². The average Bonchev–Trinajstić information content (AvgIpc) is 3.30. The molecule has 0 saturated heterocycles. The highest BCUT2D eigenvalue weighted by atomic mass is 35.5. The zero-order valence-corrected chi connectivity index (χ0v) is 15.1. The molecule has 3 rings (SSSR count). The van der Waals surface area contributed by atoms with Gasteiger partial charge in [0.25, 0.3) is 11.7 Å². The van der Waals surface area contributed by atoms with E-state index in [2.05, 4.69) is 5.32 Å². The maximum Gasteiger partial charge on any atom is 0.350 e. The Hall–Kier alpha value is -2.90. The number of carbonyl (C=O) groups excluding carboxylic acids is 3. The van der Waals surface area contributed by atoms with Crippen molar-refractivity contribution in [3.8, 4) is 5.69 Å². The van der Waals surface area contributed by atoms with Crippen molar-refractivity contribution in [2.45, 2.75) is 0 Å². The molecule has 0 aliphatic carbocycles. The molecule has 0 aliphatic rings. The van der Waals surface area contributed by atoms with E-state index in [9.17, 15) is 14.4 Å². The van der Waals surface area contributed by atoms with E-state index >= 15 is 0 Å². The molecule has 0 spiro atoms. The summed E-state index contributed by atoms with van der Waals surface area (Å²) in [6.07, 6.45) is 1.61. The molecule has 8 heteroatoms. The third-order valence-electron chi connectivity index (χ3n) is 3.56. The Kier molecular flexibility index (Phi) is 5.20. The van der Waals surface area contributed by atoms with Gasteiger partial charge in [-0.3, -0.25) is 9.59 Å². The summed E-state index contributed by atoms with van der Waals surface area (Å²) in [5, 5.41) is 4.76. The second-order valence-corrected chi connectivity index (χ2v) is 6.53. The first-order valence-electron chi connectivity index (χ1n) is 7.46. The van der Waals surface area contributed by atoms with Crippen LogP contribution in [0.1, 0.15) is 20.2 Å². The molecule has 0 radical (unpaired) electrons. The maximum atomic E-state index is 12.6. The zero-order chi connectivity index (χ0) is 18.7. The number of ketones is 1. The fourth-order valence-electron chi connectivity index (χ4n) is 2.35. The molecule has 1 N–H and O–H groups in total. The van der Waals surface area contributed by atoms with Gasteiger partial charge in [0.05, 0.1) is 18.5 Å². The Labute approximate surface area is 158 Å². The van der Waals surface area contributed by atoms with Crippen molar-refractivity contribution in [2.24, 2.45) is 0 Å². The molecule has 26 heavy (non-hydrogen) atoms. The Morgan fingerprint density at radius 1 is 1.12 bits per heavy atom. The molecule has 2 aromatic heterocycles. The monoisotopic (exact) mass is 388 g/mol. The van der Waals surface area contributed by atoms with Crippen LogP contribution in [0, 0.1) is 0 Å². The number of nitrogens with one attached hydrogen (secondary N) is 1. The number of aromatic nitrogens is 1. The van der Waals surface area contributed by atoms with Gasteiger partial charge in [0.15, 0.2) is 0 Å². The van der Waals surface area contributed by atoms with Crippen molar-refractivity contribution in [1.29, 1.82) is 0 Å². The van der Waals surface area contributed by atoms with Gasteiger partial charge in [0.1, 0.15) is 4.88 Å². The van der Waals surface area contributed by atoms with Gasteiger partial charge in [-0.25, -0.2) is 4.79 Å². The van der Waals surface area contributed by atoms with E-state index < -0.39 is 17.7 Å². The molecule has 1 amide bonds. The van der Waals surface area contributed by atoms with Gasteiger partial charge < -0.3 is 14.6 Å². The molecule has 3 aromatic rings. The molecule has 2 heterocycles. The summed E-state index contributed by atoms with van der Waals surface area (Å²) >= 11 is 7.00. The number of nitrogens with zero attached hydrogens (tertiary/aromatic N) is 1. The normalized spacial score (nSPS) is 10.4. The van der Waals surface area contributed by atoms with Gasteiger partial charge in [-0.2, -0.15) is 0 Å². The van der Waals surface area contributed by atoms with Gasteiger partial charge >= 0.3 is 5.97 Å². The minimum absolute atomic E-state index is 0.139. The lowest BCUT2D eigenvalue weighted by Gasteiger charge is -2.09. The topological polar surface area (TPSA) is 77.4 Å². The summed E-state index contributed by atoms with van der Waals surface area (Å²) in [7, 11) is 1.28. The lowest BCUT2D eigenvalue weighted by Crippen LogP contribution is -2.25. The van der Waals surface area contributed by atoms with Crippen molar-refractivity contribution in [3.05, 3.63) is 69.6 Å². The molecule has 0 fully saturated rings. The van der Waals surface area contributed by atoms with Crippen LogP contribution in [-0.2, 0) is 9.53 Å². The van der Waals surface area contributed by atoms with Gasteiger partial charge in [-0.05, 0) is 47.8 Å².